The molecule has 2 aromatic heterocycles. The Kier molecular flexibility index (Phi) is 8.00. The fraction of sp³-hybridized carbons (Fsp3) is 0.152. The smallest absolute Gasteiger partial charge is 0.250 e. The van der Waals surface area contributed by atoms with E-state index in [4.69, 9.17) is 4.74 Å². The summed E-state index contributed by atoms with van der Waals surface area (Å²) in [5, 5.41) is 16.1. The minimum Gasteiger partial charge on any atom is -0.494 e. The molecule has 0 bridgehead atoms. The van der Waals surface area contributed by atoms with Crippen LogP contribution in [0.25, 0.3) is 38.9 Å². The fourth-order valence-corrected chi connectivity index (χ4v) is 5.81. The van der Waals surface area contributed by atoms with Crippen molar-refractivity contribution in [3.63, 3.8) is 0 Å². The van der Waals surface area contributed by atoms with Crippen molar-refractivity contribution in [2.24, 2.45) is 5.10 Å². The summed E-state index contributed by atoms with van der Waals surface area (Å²) in [6.07, 6.45) is 1.68. The molecule has 1 N–H and O–H groups in total. The first kappa shape index (κ1) is 27.3. The summed E-state index contributed by atoms with van der Waals surface area (Å²) in [7, 11) is 0. The van der Waals surface area contributed by atoms with Crippen LogP contribution in [-0.2, 0) is 11.3 Å². The van der Waals surface area contributed by atoms with Gasteiger partial charge in [-0.1, -0.05) is 66.4 Å². The van der Waals surface area contributed by atoms with Crippen molar-refractivity contribution in [3.8, 4) is 22.8 Å². The largest absolute Gasteiger partial charge is 0.494 e. The van der Waals surface area contributed by atoms with Crippen LogP contribution in [0.1, 0.15) is 19.4 Å². The van der Waals surface area contributed by atoms with Crippen LogP contribution < -0.4 is 10.2 Å². The van der Waals surface area contributed by atoms with E-state index in [0.717, 1.165) is 29.1 Å². The first-order valence-corrected chi connectivity index (χ1v) is 14.8. The molecule has 4 aromatic carbocycles. The summed E-state index contributed by atoms with van der Waals surface area (Å²) in [6, 6.07) is 32.3. The molecule has 0 aliphatic carbocycles. The van der Waals surface area contributed by atoms with Crippen molar-refractivity contribution in [2.75, 3.05) is 12.4 Å². The third kappa shape index (κ3) is 5.51. The van der Waals surface area contributed by atoms with E-state index in [1.165, 1.54) is 33.6 Å². The van der Waals surface area contributed by atoms with Gasteiger partial charge in [0.05, 0.1) is 18.6 Å². The van der Waals surface area contributed by atoms with Gasteiger partial charge in [0.2, 0.25) is 0 Å². The van der Waals surface area contributed by atoms with Crippen LogP contribution in [0.15, 0.2) is 107 Å². The van der Waals surface area contributed by atoms with E-state index in [2.05, 4.69) is 68.6 Å². The molecule has 0 saturated heterocycles. The van der Waals surface area contributed by atoms with E-state index in [9.17, 15) is 4.79 Å². The maximum atomic E-state index is 12.8. The molecule has 8 nitrogen and oxygen atoms in total. The number of hydrogen-bond acceptors (Lipinski definition) is 6. The van der Waals surface area contributed by atoms with Gasteiger partial charge in [0.25, 0.3) is 5.91 Å². The Morgan fingerprint density at radius 3 is 2.45 bits per heavy atom. The fourth-order valence-electron chi connectivity index (χ4n) is 5.06. The van der Waals surface area contributed by atoms with E-state index < -0.39 is 0 Å². The molecule has 2 heterocycles. The van der Waals surface area contributed by atoms with Crippen LogP contribution in [-0.4, -0.2) is 43.8 Å². The second kappa shape index (κ2) is 12.3. The van der Waals surface area contributed by atoms with Crippen LogP contribution >= 0.6 is 11.8 Å². The highest BCUT2D eigenvalue weighted by Crippen LogP contribution is 2.30. The zero-order valence-corrected chi connectivity index (χ0v) is 24.2. The summed E-state index contributed by atoms with van der Waals surface area (Å²) in [4.78, 5) is 12.8. The maximum absolute atomic E-state index is 12.8. The molecule has 0 aliphatic rings. The Bertz CT molecular complexity index is 1880. The number of benzene rings is 4. The van der Waals surface area contributed by atoms with E-state index in [1.807, 2.05) is 72.2 Å². The summed E-state index contributed by atoms with van der Waals surface area (Å²) >= 11 is 1.30. The van der Waals surface area contributed by atoms with Gasteiger partial charge in [0.1, 0.15) is 5.75 Å². The van der Waals surface area contributed by atoms with Gasteiger partial charge in [-0.15, -0.1) is 10.2 Å². The first-order chi connectivity index (χ1) is 20.7. The minimum absolute atomic E-state index is 0.129. The molecular weight excluding hydrogens is 544 g/mol. The van der Waals surface area contributed by atoms with Gasteiger partial charge in [-0.2, -0.15) is 5.10 Å². The molecule has 9 heteroatoms. The van der Waals surface area contributed by atoms with Crippen LogP contribution in [0.3, 0.4) is 0 Å². The predicted molar refractivity (Wildman–Crippen MR) is 170 cm³/mol. The second-order valence-electron chi connectivity index (χ2n) is 9.55. The average Bonchev–Trinajstić information content (AvgIpc) is 3.60. The number of nitrogens with zero attached hydrogens (tertiary/aromatic N) is 5. The lowest BCUT2D eigenvalue weighted by Gasteiger charge is -2.11. The van der Waals surface area contributed by atoms with E-state index >= 15 is 0 Å². The lowest BCUT2D eigenvalue weighted by atomic mass is 10.1. The number of thioether (sulfide) groups is 1. The van der Waals surface area contributed by atoms with Crippen LogP contribution in [0, 0.1) is 0 Å². The van der Waals surface area contributed by atoms with Crippen LogP contribution in [0.4, 0.5) is 0 Å². The Morgan fingerprint density at radius 2 is 1.67 bits per heavy atom. The van der Waals surface area contributed by atoms with Gasteiger partial charge in [-0.3, -0.25) is 9.36 Å². The quantitative estimate of drug-likeness (QED) is 0.112. The molecule has 1 amide bonds. The van der Waals surface area contributed by atoms with Crippen molar-refractivity contribution in [3.05, 3.63) is 103 Å². The van der Waals surface area contributed by atoms with Crippen molar-refractivity contribution in [1.82, 2.24) is 24.8 Å². The summed E-state index contributed by atoms with van der Waals surface area (Å²) in [5.41, 5.74) is 7.77. The number of amides is 1. The van der Waals surface area contributed by atoms with Gasteiger partial charge in [-0.25, -0.2) is 5.43 Å². The number of carbonyl (C=O) groups is 1. The van der Waals surface area contributed by atoms with Crippen molar-refractivity contribution < 1.29 is 9.53 Å². The molecule has 0 unspecified atom stereocenters. The molecule has 0 saturated carbocycles. The summed E-state index contributed by atoms with van der Waals surface area (Å²) in [6.45, 7) is 5.59. The van der Waals surface area contributed by atoms with Crippen LogP contribution in [0.2, 0.25) is 0 Å². The number of nitrogens with one attached hydrogen (secondary N) is 1. The maximum Gasteiger partial charge on any atom is 0.250 e. The van der Waals surface area contributed by atoms with Crippen molar-refractivity contribution in [1.29, 1.82) is 0 Å². The number of rotatable bonds is 10. The first-order valence-electron chi connectivity index (χ1n) is 13.9. The molecular formula is C33H30N6O2S. The number of hydrogen-bond donors (Lipinski definition) is 1. The number of para-hydroxylation sites is 1. The SMILES string of the molecule is CCOc1ccc(-n2c(SCC(=O)NN=Cc3ccc4c(c3)c3ccccc3n4CC)nnc2-c2ccccc2)cc1. The summed E-state index contributed by atoms with van der Waals surface area (Å²) < 4.78 is 9.86. The highest BCUT2D eigenvalue weighted by molar-refractivity contribution is 7.99. The lowest BCUT2D eigenvalue weighted by molar-refractivity contribution is -0.118. The molecule has 0 fully saturated rings. The predicted octanol–water partition coefficient (Wildman–Crippen LogP) is 6.70. The van der Waals surface area contributed by atoms with E-state index in [1.54, 1.807) is 6.21 Å². The molecule has 0 spiro atoms. The Hall–Kier alpha value is -4.89. The zero-order chi connectivity index (χ0) is 28.9. The Labute approximate surface area is 248 Å². The highest BCUT2D eigenvalue weighted by Gasteiger charge is 2.17. The lowest BCUT2D eigenvalue weighted by Crippen LogP contribution is -2.20. The normalized spacial score (nSPS) is 11.5. The summed E-state index contributed by atoms with van der Waals surface area (Å²) in [5.74, 6) is 1.38. The number of aryl methyl sites for hydroxylation is 1. The van der Waals surface area contributed by atoms with Gasteiger partial charge < -0.3 is 9.30 Å². The molecule has 0 aliphatic heterocycles. The molecule has 0 radical (unpaired) electrons. The van der Waals surface area contributed by atoms with E-state index in [-0.39, 0.29) is 11.7 Å². The van der Waals surface area contributed by atoms with Gasteiger partial charge >= 0.3 is 0 Å². The topological polar surface area (TPSA) is 86.3 Å². The van der Waals surface area contributed by atoms with Gasteiger partial charge in [-0.05, 0) is 61.9 Å². The van der Waals surface area contributed by atoms with Gasteiger partial charge in [0, 0.05) is 39.6 Å². The number of carbonyl (C=O) groups excluding carboxylic acids is 1. The van der Waals surface area contributed by atoms with E-state index in [0.29, 0.717) is 17.6 Å². The molecule has 42 heavy (non-hydrogen) atoms. The number of fused-ring (bicyclic) bond motifs is 3. The monoisotopic (exact) mass is 574 g/mol. The standard InChI is InChI=1S/C33H30N6O2S/c1-3-38-29-13-9-8-12-27(29)28-20-23(14-19-30(28)38)21-34-35-31(40)22-42-33-37-36-32(24-10-6-5-7-11-24)39(33)25-15-17-26(18-16-25)41-4-2/h5-21H,3-4,22H2,1-2H3,(H,35,40). The van der Waals surface area contributed by atoms with Crippen molar-refractivity contribution >= 4 is 45.7 Å². The minimum atomic E-state index is -0.234. The third-order valence-corrected chi connectivity index (χ3v) is 7.85. The van der Waals surface area contributed by atoms with Crippen molar-refractivity contribution in [2.45, 2.75) is 25.5 Å². The second-order valence-corrected chi connectivity index (χ2v) is 10.5. The average molecular weight is 575 g/mol. The molecule has 0 atom stereocenters. The Morgan fingerprint density at radius 1 is 0.905 bits per heavy atom. The van der Waals surface area contributed by atoms with Gasteiger partial charge in [0.15, 0.2) is 11.0 Å². The molecule has 6 rings (SSSR count). The number of aromatic nitrogens is 4. The van der Waals surface area contributed by atoms with Crippen LogP contribution in [0.5, 0.6) is 5.75 Å². The number of ether oxygens (including phenoxy) is 1. The highest BCUT2D eigenvalue weighted by atomic mass is 32.2. The Balaban J connectivity index is 1.17. The molecule has 210 valence electrons. The third-order valence-electron chi connectivity index (χ3n) is 6.92. The number of hydrazone groups is 1. The zero-order valence-electron chi connectivity index (χ0n) is 23.4. The molecule has 6 aromatic rings.